The zero-order valence-electron chi connectivity index (χ0n) is 9.86. The number of hydrogen-bond donors (Lipinski definition) is 1. The summed E-state index contributed by atoms with van der Waals surface area (Å²) in [6.45, 7) is 3.14. The number of carboxylic acids is 1. The number of ether oxygens (including phenoxy) is 2. The lowest BCUT2D eigenvalue weighted by molar-refractivity contribution is -0.137. The van der Waals surface area contributed by atoms with Gasteiger partial charge in [-0.2, -0.15) is 0 Å². The molecule has 1 heterocycles. The van der Waals surface area contributed by atoms with Gasteiger partial charge < -0.3 is 14.6 Å². The molecule has 0 saturated heterocycles. The quantitative estimate of drug-likeness (QED) is 0.870. The maximum absolute atomic E-state index is 10.5. The van der Waals surface area contributed by atoms with Gasteiger partial charge in [-0.05, 0) is 31.4 Å². The van der Waals surface area contributed by atoms with Gasteiger partial charge in [-0.1, -0.05) is 6.07 Å². The van der Waals surface area contributed by atoms with Crippen LogP contribution in [-0.2, 0) is 11.2 Å². The topological polar surface area (TPSA) is 55.8 Å². The van der Waals surface area contributed by atoms with Crippen LogP contribution in [-0.4, -0.2) is 24.3 Å². The molecule has 0 aliphatic carbocycles. The van der Waals surface area contributed by atoms with E-state index in [9.17, 15) is 4.79 Å². The number of aliphatic carboxylic acids is 1. The number of fused-ring (bicyclic) bond motifs is 1. The van der Waals surface area contributed by atoms with E-state index in [0.717, 1.165) is 22.6 Å². The molecule has 1 N–H and O–H groups in total. The average Bonchev–Trinajstić information content (AvgIpc) is 2.32. The van der Waals surface area contributed by atoms with Gasteiger partial charge in [-0.25, -0.2) is 0 Å². The van der Waals surface area contributed by atoms with Gasteiger partial charge in [-0.15, -0.1) is 0 Å². The summed E-state index contributed by atoms with van der Waals surface area (Å²) >= 11 is 0. The van der Waals surface area contributed by atoms with Crippen LogP contribution < -0.4 is 9.47 Å². The van der Waals surface area contributed by atoms with Crippen molar-refractivity contribution < 1.29 is 19.4 Å². The Bertz CT molecular complexity index is 426. The Balaban J connectivity index is 2.16. The predicted molar refractivity (Wildman–Crippen MR) is 62.7 cm³/mol. The van der Waals surface area contributed by atoms with Gasteiger partial charge >= 0.3 is 5.97 Å². The SMILES string of the molecule is Cc1ccc2c(c1CCCC(=O)O)OCCO2. The lowest BCUT2D eigenvalue weighted by atomic mass is 10.0. The summed E-state index contributed by atoms with van der Waals surface area (Å²) in [4.78, 5) is 10.5. The highest BCUT2D eigenvalue weighted by atomic mass is 16.6. The number of benzene rings is 1. The Kier molecular flexibility index (Phi) is 3.52. The van der Waals surface area contributed by atoms with Crippen molar-refractivity contribution in [1.82, 2.24) is 0 Å². The van der Waals surface area contributed by atoms with Crippen molar-refractivity contribution in [1.29, 1.82) is 0 Å². The summed E-state index contributed by atoms with van der Waals surface area (Å²) in [6.07, 6.45) is 1.52. The van der Waals surface area contributed by atoms with Crippen molar-refractivity contribution in [2.75, 3.05) is 13.2 Å². The van der Waals surface area contributed by atoms with E-state index in [2.05, 4.69) is 0 Å². The van der Waals surface area contributed by atoms with Crippen molar-refractivity contribution in [3.63, 3.8) is 0 Å². The summed E-state index contributed by atoms with van der Waals surface area (Å²) in [5.41, 5.74) is 2.20. The number of aryl methyl sites for hydroxylation is 1. The Labute approximate surface area is 100 Å². The minimum atomic E-state index is -0.760. The minimum Gasteiger partial charge on any atom is -0.486 e. The van der Waals surface area contributed by atoms with E-state index in [-0.39, 0.29) is 6.42 Å². The highest BCUT2D eigenvalue weighted by Crippen LogP contribution is 2.36. The second-order valence-corrected chi connectivity index (χ2v) is 4.13. The van der Waals surface area contributed by atoms with Crippen LogP contribution in [0.3, 0.4) is 0 Å². The fourth-order valence-electron chi connectivity index (χ4n) is 2.00. The first-order valence-electron chi connectivity index (χ1n) is 5.78. The molecular weight excluding hydrogens is 220 g/mol. The molecule has 1 aliphatic heterocycles. The zero-order valence-corrected chi connectivity index (χ0v) is 9.86. The first kappa shape index (κ1) is 11.8. The molecule has 0 amide bonds. The number of hydrogen-bond acceptors (Lipinski definition) is 3. The molecule has 0 bridgehead atoms. The van der Waals surface area contributed by atoms with E-state index >= 15 is 0 Å². The van der Waals surface area contributed by atoms with Crippen molar-refractivity contribution in [3.8, 4) is 11.5 Å². The highest BCUT2D eigenvalue weighted by molar-refractivity contribution is 5.66. The molecule has 0 saturated carbocycles. The van der Waals surface area contributed by atoms with Crippen LogP contribution >= 0.6 is 0 Å². The van der Waals surface area contributed by atoms with Crippen LogP contribution in [0, 0.1) is 6.92 Å². The number of rotatable bonds is 4. The van der Waals surface area contributed by atoms with Crippen LogP contribution in [0.1, 0.15) is 24.0 Å². The van der Waals surface area contributed by atoms with Gasteiger partial charge in [0.1, 0.15) is 13.2 Å². The van der Waals surface area contributed by atoms with Gasteiger partial charge in [-0.3, -0.25) is 4.79 Å². The van der Waals surface area contributed by atoms with Crippen LogP contribution in [0.5, 0.6) is 11.5 Å². The van der Waals surface area contributed by atoms with Crippen molar-refractivity contribution >= 4 is 5.97 Å². The zero-order chi connectivity index (χ0) is 12.3. The molecule has 0 spiro atoms. The van der Waals surface area contributed by atoms with Gasteiger partial charge in [0.05, 0.1) is 0 Å². The van der Waals surface area contributed by atoms with Gasteiger partial charge in [0.2, 0.25) is 0 Å². The lowest BCUT2D eigenvalue weighted by Gasteiger charge is -2.22. The first-order valence-corrected chi connectivity index (χ1v) is 5.78. The van der Waals surface area contributed by atoms with E-state index in [1.165, 1.54) is 0 Å². The van der Waals surface area contributed by atoms with E-state index in [1.54, 1.807) is 0 Å². The minimum absolute atomic E-state index is 0.184. The largest absolute Gasteiger partial charge is 0.486 e. The first-order chi connectivity index (χ1) is 8.18. The summed E-state index contributed by atoms with van der Waals surface area (Å²) in [7, 11) is 0. The molecule has 1 aliphatic rings. The van der Waals surface area contributed by atoms with Gasteiger partial charge in [0.25, 0.3) is 0 Å². The predicted octanol–water partition coefficient (Wildman–Crippen LogP) is 2.17. The third-order valence-corrected chi connectivity index (χ3v) is 2.86. The molecule has 4 nitrogen and oxygen atoms in total. The van der Waals surface area contributed by atoms with E-state index in [1.807, 2.05) is 19.1 Å². The van der Waals surface area contributed by atoms with Crippen molar-refractivity contribution in [2.45, 2.75) is 26.2 Å². The second-order valence-electron chi connectivity index (χ2n) is 4.13. The molecule has 1 aromatic rings. The van der Waals surface area contributed by atoms with E-state index < -0.39 is 5.97 Å². The van der Waals surface area contributed by atoms with Crippen molar-refractivity contribution in [3.05, 3.63) is 23.3 Å². The Morgan fingerprint density at radius 1 is 1.35 bits per heavy atom. The van der Waals surface area contributed by atoms with Crippen LogP contribution in [0.15, 0.2) is 12.1 Å². The molecule has 1 aromatic carbocycles. The Morgan fingerprint density at radius 3 is 2.88 bits per heavy atom. The fraction of sp³-hybridized carbons (Fsp3) is 0.462. The molecule has 2 rings (SSSR count). The maximum atomic E-state index is 10.5. The van der Waals surface area contributed by atoms with Crippen molar-refractivity contribution in [2.24, 2.45) is 0 Å². The molecular formula is C13H16O4. The number of carbonyl (C=O) groups is 1. The molecule has 4 heteroatoms. The highest BCUT2D eigenvalue weighted by Gasteiger charge is 2.17. The molecule has 92 valence electrons. The molecule has 17 heavy (non-hydrogen) atoms. The standard InChI is InChI=1S/C13H16O4/c1-9-5-6-11-13(17-8-7-16-11)10(9)3-2-4-12(14)15/h5-6H,2-4,7-8H2,1H3,(H,14,15). The molecule has 0 atom stereocenters. The smallest absolute Gasteiger partial charge is 0.303 e. The number of carboxylic acid groups (broad SMARTS) is 1. The lowest BCUT2D eigenvalue weighted by Crippen LogP contribution is -2.17. The summed E-state index contributed by atoms with van der Waals surface area (Å²) in [6, 6.07) is 3.90. The average molecular weight is 236 g/mol. The molecule has 0 fully saturated rings. The summed E-state index contributed by atoms with van der Waals surface area (Å²) in [5, 5.41) is 8.64. The Morgan fingerprint density at radius 2 is 2.12 bits per heavy atom. The maximum Gasteiger partial charge on any atom is 0.303 e. The second kappa shape index (κ2) is 5.08. The molecule has 0 radical (unpaired) electrons. The molecule has 0 unspecified atom stereocenters. The third kappa shape index (κ3) is 2.70. The monoisotopic (exact) mass is 236 g/mol. The normalized spacial score (nSPS) is 13.5. The van der Waals surface area contributed by atoms with Gasteiger partial charge in [0.15, 0.2) is 11.5 Å². The molecule has 0 aromatic heterocycles. The Hall–Kier alpha value is -1.71. The third-order valence-electron chi connectivity index (χ3n) is 2.86. The van der Waals surface area contributed by atoms with E-state index in [0.29, 0.717) is 26.1 Å². The summed E-state index contributed by atoms with van der Waals surface area (Å²) in [5.74, 6) is 0.804. The summed E-state index contributed by atoms with van der Waals surface area (Å²) < 4.78 is 11.1. The van der Waals surface area contributed by atoms with Crippen LogP contribution in [0.2, 0.25) is 0 Å². The van der Waals surface area contributed by atoms with E-state index in [4.69, 9.17) is 14.6 Å². The van der Waals surface area contributed by atoms with Gasteiger partial charge in [0, 0.05) is 12.0 Å². The fourth-order valence-corrected chi connectivity index (χ4v) is 2.00. The van der Waals surface area contributed by atoms with Crippen LogP contribution in [0.4, 0.5) is 0 Å². The van der Waals surface area contributed by atoms with Crippen LogP contribution in [0.25, 0.3) is 0 Å².